The van der Waals surface area contributed by atoms with Gasteiger partial charge in [0.15, 0.2) is 0 Å². The quantitative estimate of drug-likeness (QED) is 0.640. The number of nitrogens with zero attached hydrogens (tertiary/aromatic N) is 3. The van der Waals surface area contributed by atoms with Crippen molar-refractivity contribution in [3.05, 3.63) is 53.6 Å². The Morgan fingerprint density at radius 1 is 1.26 bits per heavy atom. The first-order valence-electron chi connectivity index (χ1n) is 9.04. The van der Waals surface area contributed by atoms with E-state index in [2.05, 4.69) is 24.4 Å². The van der Waals surface area contributed by atoms with Gasteiger partial charge < -0.3 is 21.1 Å². The van der Waals surface area contributed by atoms with Crippen LogP contribution in [0.15, 0.2) is 47.4 Å². The van der Waals surface area contributed by atoms with E-state index in [1.165, 1.54) is 17.3 Å². The second kappa shape index (κ2) is 7.72. The molecule has 0 saturated heterocycles. The van der Waals surface area contributed by atoms with Crippen molar-refractivity contribution >= 4 is 34.4 Å². The molecular formula is C20H23N5OS. The van der Waals surface area contributed by atoms with Gasteiger partial charge in [0.2, 0.25) is 5.95 Å². The number of hydrogen-bond acceptors (Lipinski definition) is 7. The summed E-state index contributed by atoms with van der Waals surface area (Å²) in [5.74, 6) is 1.39. The van der Waals surface area contributed by atoms with E-state index in [0.717, 1.165) is 27.2 Å². The van der Waals surface area contributed by atoms with Crippen LogP contribution in [0.2, 0.25) is 0 Å². The van der Waals surface area contributed by atoms with Crippen LogP contribution in [0.25, 0.3) is 10.9 Å². The lowest BCUT2D eigenvalue weighted by atomic mass is 10.1. The van der Waals surface area contributed by atoms with Crippen molar-refractivity contribution in [1.82, 2.24) is 9.97 Å². The van der Waals surface area contributed by atoms with E-state index < -0.39 is 5.44 Å². The Bertz CT molecular complexity index is 964. The lowest BCUT2D eigenvalue weighted by Crippen LogP contribution is -2.30. The normalized spacial score (nSPS) is 16.9. The molecule has 0 spiro atoms. The molecule has 4 rings (SSSR count). The molecule has 1 unspecified atom stereocenters. The highest BCUT2D eigenvalue weighted by Gasteiger charge is 2.23. The van der Waals surface area contributed by atoms with Gasteiger partial charge in [-0.2, -0.15) is 4.98 Å². The van der Waals surface area contributed by atoms with Gasteiger partial charge in [0.05, 0.1) is 12.1 Å². The maximum Gasteiger partial charge on any atom is 0.228 e. The number of rotatable bonds is 4. The third kappa shape index (κ3) is 3.85. The van der Waals surface area contributed by atoms with Crippen molar-refractivity contribution in [2.45, 2.75) is 23.8 Å². The highest BCUT2D eigenvalue weighted by Crippen LogP contribution is 2.33. The summed E-state index contributed by atoms with van der Waals surface area (Å²) < 4.78 is 0. The van der Waals surface area contributed by atoms with Crippen molar-refractivity contribution in [1.29, 1.82) is 0 Å². The van der Waals surface area contributed by atoms with Gasteiger partial charge >= 0.3 is 0 Å². The predicted octanol–water partition coefficient (Wildman–Crippen LogP) is 2.74. The second-order valence-corrected chi connectivity index (χ2v) is 7.89. The first-order chi connectivity index (χ1) is 13.1. The van der Waals surface area contributed by atoms with Crippen LogP contribution in [0, 0.1) is 6.92 Å². The molecule has 0 fully saturated rings. The molecule has 0 bridgehead atoms. The lowest BCUT2D eigenvalue weighted by Gasteiger charge is -2.23. The first-order valence-corrected chi connectivity index (χ1v) is 9.92. The van der Waals surface area contributed by atoms with Crippen LogP contribution >= 0.6 is 11.8 Å². The van der Waals surface area contributed by atoms with Crippen LogP contribution in [-0.4, -0.2) is 40.1 Å². The van der Waals surface area contributed by atoms with Gasteiger partial charge in [0.1, 0.15) is 11.3 Å². The zero-order valence-electron chi connectivity index (χ0n) is 15.2. The number of β-amino-alcohol motifs (C(OH)–C–C–N with tert-alkyl or cyclic N) is 1. The van der Waals surface area contributed by atoms with Gasteiger partial charge in [-0.15, -0.1) is 0 Å². The average molecular weight is 382 g/mol. The van der Waals surface area contributed by atoms with Gasteiger partial charge in [0, 0.05) is 29.9 Å². The van der Waals surface area contributed by atoms with Crippen LogP contribution in [-0.2, 0) is 6.54 Å². The molecule has 0 aliphatic carbocycles. The van der Waals surface area contributed by atoms with E-state index in [-0.39, 0.29) is 0 Å². The standard InChI is InChI=1S/C20H23N5OS/c1-13-6-7-16-15(10-13)19(22-9-8-21)24-20(23-16)25-11-14-4-2-3-5-17(14)27-18(26)12-25/h2-7,10,18,26H,8-9,11-12,21H2,1H3,(H,22,23,24). The van der Waals surface area contributed by atoms with E-state index in [1.54, 1.807) is 0 Å². The Morgan fingerprint density at radius 3 is 2.96 bits per heavy atom. The van der Waals surface area contributed by atoms with E-state index in [9.17, 15) is 5.11 Å². The summed E-state index contributed by atoms with van der Waals surface area (Å²) in [5, 5.41) is 14.8. The number of aryl methyl sites for hydroxylation is 1. The maximum atomic E-state index is 10.5. The molecule has 0 amide bonds. The topological polar surface area (TPSA) is 87.3 Å². The number of aliphatic hydroxyl groups excluding tert-OH is 1. The molecule has 1 aromatic heterocycles. The number of nitrogens with one attached hydrogen (secondary N) is 1. The van der Waals surface area contributed by atoms with Crippen molar-refractivity contribution in [2.75, 3.05) is 29.9 Å². The summed E-state index contributed by atoms with van der Waals surface area (Å²) in [7, 11) is 0. The van der Waals surface area contributed by atoms with Gasteiger partial charge in [-0.05, 0) is 30.7 Å². The predicted molar refractivity (Wildman–Crippen MR) is 111 cm³/mol. The van der Waals surface area contributed by atoms with E-state index >= 15 is 0 Å². The molecule has 1 atom stereocenters. The van der Waals surface area contributed by atoms with Crippen LogP contribution < -0.4 is 16.0 Å². The molecule has 0 radical (unpaired) electrons. The molecule has 1 aliphatic rings. The summed E-state index contributed by atoms with van der Waals surface area (Å²) in [6.07, 6.45) is 0. The van der Waals surface area contributed by atoms with Crippen LogP contribution in [0.3, 0.4) is 0 Å². The Morgan fingerprint density at radius 2 is 2.11 bits per heavy atom. The minimum absolute atomic E-state index is 0.465. The number of aliphatic hydroxyl groups is 1. The molecule has 6 nitrogen and oxygen atoms in total. The van der Waals surface area contributed by atoms with Crippen LogP contribution in [0.5, 0.6) is 0 Å². The molecule has 0 saturated carbocycles. The van der Waals surface area contributed by atoms with Crippen molar-refractivity contribution < 1.29 is 5.11 Å². The summed E-state index contributed by atoms with van der Waals surface area (Å²) in [4.78, 5) is 12.7. The monoisotopic (exact) mass is 381 g/mol. The average Bonchev–Trinajstić information content (AvgIpc) is 2.84. The zero-order chi connectivity index (χ0) is 18.8. The minimum Gasteiger partial charge on any atom is -0.380 e. The summed E-state index contributed by atoms with van der Waals surface area (Å²) in [6, 6.07) is 14.3. The van der Waals surface area contributed by atoms with Gasteiger partial charge in [-0.25, -0.2) is 4.98 Å². The molecular weight excluding hydrogens is 358 g/mol. The molecule has 2 aromatic carbocycles. The molecule has 1 aliphatic heterocycles. The third-order valence-corrected chi connectivity index (χ3v) is 5.61. The Kier molecular flexibility index (Phi) is 5.15. The number of nitrogens with two attached hydrogens (primary N) is 1. The Labute approximate surface area is 162 Å². The minimum atomic E-state index is -0.536. The molecule has 7 heteroatoms. The molecule has 4 N–H and O–H groups in total. The lowest BCUT2D eigenvalue weighted by molar-refractivity contribution is 0.267. The molecule has 3 aromatic rings. The van der Waals surface area contributed by atoms with E-state index in [0.29, 0.717) is 32.1 Å². The fourth-order valence-electron chi connectivity index (χ4n) is 3.24. The third-order valence-electron chi connectivity index (χ3n) is 4.53. The highest BCUT2D eigenvalue weighted by atomic mass is 32.2. The summed E-state index contributed by atoms with van der Waals surface area (Å²) >= 11 is 1.48. The molecule has 27 heavy (non-hydrogen) atoms. The fraction of sp³-hybridized carbons (Fsp3) is 0.300. The highest BCUT2D eigenvalue weighted by molar-refractivity contribution is 7.99. The van der Waals surface area contributed by atoms with Crippen LogP contribution in [0.4, 0.5) is 11.8 Å². The Hall–Kier alpha value is -2.35. The summed E-state index contributed by atoms with van der Waals surface area (Å²) in [6.45, 7) is 4.35. The largest absolute Gasteiger partial charge is 0.380 e. The van der Waals surface area contributed by atoms with Crippen molar-refractivity contribution in [2.24, 2.45) is 5.73 Å². The van der Waals surface area contributed by atoms with E-state index in [1.807, 2.05) is 35.2 Å². The summed E-state index contributed by atoms with van der Waals surface area (Å²) in [5.41, 5.74) is 8.34. The smallest absolute Gasteiger partial charge is 0.228 e. The molecule has 140 valence electrons. The van der Waals surface area contributed by atoms with Crippen molar-refractivity contribution in [3.8, 4) is 0 Å². The first kappa shape index (κ1) is 18.0. The molecule has 2 heterocycles. The van der Waals surface area contributed by atoms with Crippen LogP contribution in [0.1, 0.15) is 11.1 Å². The maximum absolute atomic E-state index is 10.5. The number of benzene rings is 2. The number of aromatic nitrogens is 2. The number of thioether (sulfide) groups is 1. The van der Waals surface area contributed by atoms with Gasteiger partial charge in [0.25, 0.3) is 0 Å². The number of fused-ring (bicyclic) bond motifs is 2. The van der Waals surface area contributed by atoms with Gasteiger partial charge in [-0.1, -0.05) is 41.6 Å². The number of hydrogen-bond donors (Lipinski definition) is 3. The second-order valence-electron chi connectivity index (χ2n) is 6.67. The van der Waals surface area contributed by atoms with Crippen molar-refractivity contribution in [3.63, 3.8) is 0 Å². The SMILES string of the molecule is Cc1ccc2nc(N3Cc4ccccc4SC(O)C3)nc(NCCN)c2c1. The Balaban J connectivity index is 1.77. The number of anilines is 2. The van der Waals surface area contributed by atoms with E-state index in [4.69, 9.17) is 15.7 Å². The van der Waals surface area contributed by atoms with Gasteiger partial charge in [-0.3, -0.25) is 0 Å². The fourth-order valence-corrected chi connectivity index (χ4v) is 4.23. The zero-order valence-corrected chi connectivity index (χ0v) is 16.0.